The van der Waals surface area contributed by atoms with E-state index in [1.807, 2.05) is 6.07 Å². The molecule has 35 heavy (non-hydrogen) atoms. The first-order valence-corrected chi connectivity index (χ1v) is 11.0. The number of nitrogens with zero attached hydrogens (tertiary/aromatic N) is 4. The number of halogens is 2. The van der Waals surface area contributed by atoms with Gasteiger partial charge in [-0.15, -0.1) is 0 Å². The Hall–Kier alpha value is -4.24. The molecule has 3 aromatic heterocycles. The first kappa shape index (κ1) is 22.5. The third kappa shape index (κ3) is 5.15. The van der Waals surface area contributed by atoms with Crippen LogP contribution in [0.25, 0.3) is 22.4 Å². The number of amidine groups is 1. The zero-order valence-electron chi connectivity index (χ0n) is 18.6. The highest BCUT2D eigenvalue weighted by molar-refractivity contribution is 5.84. The van der Waals surface area contributed by atoms with Crippen LogP contribution in [0.15, 0.2) is 72.1 Å². The van der Waals surface area contributed by atoms with Crippen LogP contribution in [0.5, 0.6) is 11.5 Å². The molecule has 1 aromatic carbocycles. The Morgan fingerprint density at radius 3 is 2.57 bits per heavy atom. The molecule has 1 aliphatic heterocycles. The first-order valence-electron chi connectivity index (χ1n) is 11.0. The van der Waals surface area contributed by atoms with E-state index in [1.165, 1.54) is 24.7 Å². The Morgan fingerprint density at radius 2 is 1.71 bits per heavy atom. The third-order valence-electron chi connectivity index (χ3n) is 5.50. The molecule has 0 spiro atoms. The maximum atomic E-state index is 14.3. The van der Waals surface area contributed by atoms with E-state index in [9.17, 15) is 8.78 Å². The molecule has 9 heteroatoms. The van der Waals surface area contributed by atoms with E-state index >= 15 is 0 Å². The Labute approximate surface area is 200 Å². The van der Waals surface area contributed by atoms with Gasteiger partial charge in [0.25, 0.3) is 0 Å². The van der Waals surface area contributed by atoms with Gasteiger partial charge in [-0.2, -0.15) is 8.78 Å². The molecule has 4 aromatic rings. The lowest BCUT2D eigenvalue weighted by Gasteiger charge is -2.16. The van der Waals surface area contributed by atoms with Crippen molar-refractivity contribution in [1.29, 1.82) is 0 Å². The molecule has 0 saturated heterocycles. The fourth-order valence-corrected chi connectivity index (χ4v) is 3.75. The van der Waals surface area contributed by atoms with Crippen molar-refractivity contribution in [2.45, 2.75) is 12.8 Å². The van der Waals surface area contributed by atoms with E-state index in [4.69, 9.17) is 15.2 Å². The predicted octanol–water partition coefficient (Wildman–Crippen LogP) is 5.23. The maximum absolute atomic E-state index is 14.3. The molecule has 0 radical (unpaired) electrons. The fourth-order valence-electron chi connectivity index (χ4n) is 3.75. The summed E-state index contributed by atoms with van der Waals surface area (Å²) in [6.45, 7) is 0.825. The van der Waals surface area contributed by atoms with Crippen molar-refractivity contribution in [3.05, 3.63) is 84.6 Å². The zero-order valence-corrected chi connectivity index (χ0v) is 18.6. The van der Waals surface area contributed by atoms with Crippen molar-refractivity contribution >= 4 is 11.5 Å². The van der Waals surface area contributed by atoms with Crippen LogP contribution in [0.4, 0.5) is 14.5 Å². The van der Waals surface area contributed by atoms with Gasteiger partial charge < -0.3 is 15.2 Å². The number of pyridine rings is 3. The molecule has 0 atom stereocenters. The largest absolute Gasteiger partial charge is 0.453 e. The van der Waals surface area contributed by atoms with Crippen LogP contribution < -0.4 is 10.5 Å². The number of benzene rings is 1. The molecule has 5 rings (SSSR count). The molecule has 0 amide bonds. The number of hydrogen-bond donors (Lipinski definition) is 1. The third-order valence-corrected chi connectivity index (χ3v) is 5.50. The Kier molecular flexibility index (Phi) is 6.40. The van der Waals surface area contributed by atoms with Gasteiger partial charge in [-0.3, -0.25) is 4.98 Å². The second-order valence-electron chi connectivity index (χ2n) is 7.89. The van der Waals surface area contributed by atoms with E-state index < -0.39 is 11.9 Å². The topological polar surface area (TPSA) is 95.5 Å². The summed E-state index contributed by atoms with van der Waals surface area (Å²) in [6, 6.07) is 13.4. The van der Waals surface area contributed by atoms with Crippen LogP contribution >= 0.6 is 0 Å². The van der Waals surface area contributed by atoms with Crippen molar-refractivity contribution < 1.29 is 18.3 Å². The van der Waals surface area contributed by atoms with Crippen LogP contribution in [0.1, 0.15) is 12.0 Å². The number of fused-ring (bicyclic) bond motifs is 2. The predicted molar refractivity (Wildman–Crippen MR) is 128 cm³/mol. The van der Waals surface area contributed by atoms with Gasteiger partial charge in [-0.05, 0) is 53.9 Å². The van der Waals surface area contributed by atoms with Crippen LogP contribution in [0.2, 0.25) is 0 Å². The number of hydrogen-bond acceptors (Lipinski definition) is 7. The molecule has 2 N–H and O–H groups in total. The molecule has 1 aliphatic rings. The van der Waals surface area contributed by atoms with E-state index in [0.29, 0.717) is 71.5 Å². The molecule has 0 aliphatic carbocycles. The summed E-state index contributed by atoms with van der Waals surface area (Å²) in [5, 5.41) is 0. The standard InChI is InChI=1S/C26H21F2N5O2/c27-24-13-17(5-9-30-24)20-14-21-23(15-32-20)35-22-4-3-16(19-2-1-8-31-26(19)28)12-18(22)6-10-34-11-7-25(29)33-21/h1-5,8-9,12-15H,6-7,10-11H2,(H2,29,33). The fraction of sp³-hybridized carbons (Fsp3) is 0.154. The lowest BCUT2D eigenvalue weighted by molar-refractivity contribution is 0.143. The minimum Gasteiger partial charge on any atom is -0.453 e. The average Bonchev–Trinajstić information content (AvgIpc) is 2.85. The van der Waals surface area contributed by atoms with Gasteiger partial charge in [0.2, 0.25) is 11.9 Å². The van der Waals surface area contributed by atoms with E-state index in [2.05, 4.69) is 19.9 Å². The molecule has 0 saturated carbocycles. The Morgan fingerprint density at radius 1 is 0.829 bits per heavy atom. The summed E-state index contributed by atoms with van der Waals surface area (Å²) in [4.78, 5) is 16.3. The molecule has 0 bridgehead atoms. The van der Waals surface area contributed by atoms with Gasteiger partial charge in [0.15, 0.2) is 5.75 Å². The summed E-state index contributed by atoms with van der Waals surface area (Å²) in [5.41, 5.74) is 9.51. The molecule has 0 fully saturated rings. The van der Waals surface area contributed by atoms with E-state index in [-0.39, 0.29) is 0 Å². The molecule has 0 unspecified atom stereocenters. The summed E-state index contributed by atoms with van der Waals surface area (Å²) < 4.78 is 39.9. The second-order valence-corrected chi connectivity index (χ2v) is 7.89. The van der Waals surface area contributed by atoms with Crippen molar-refractivity contribution in [1.82, 2.24) is 15.0 Å². The van der Waals surface area contributed by atoms with Gasteiger partial charge >= 0.3 is 0 Å². The number of aromatic nitrogens is 3. The van der Waals surface area contributed by atoms with Gasteiger partial charge in [-0.25, -0.2) is 15.0 Å². The number of rotatable bonds is 2. The quantitative estimate of drug-likeness (QED) is 0.401. The number of aliphatic imine (C=N–C) groups is 1. The van der Waals surface area contributed by atoms with Gasteiger partial charge in [0.1, 0.15) is 17.3 Å². The van der Waals surface area contributed by atoms with E-state index in [1.54, 1.807) is 36.4 Å². The summed E-state index contributed by atoms with van der Waals surface area (Å²) >= 11 is 0. The maximum Gasteiger partial charge on any atom is 0.220 e. The number of ether oxygens (including phenoxy) is 2. The highest BCUT2D eigenvalue weighted by Crippen LogP contribution is 2.37. The van der Waals surface area contributed by atoms with Crippen LogP contribution in [-0.4, -0.2) is 34.0 Å². The van der Waals surface area contributed by atoms with Crippen LogP contribution in [-0.2, 0) is 11.2 Å². The van der Waals surface area contributed by atoms with Gasteiger partial charge in [0.05, 0.1) is 25.1 Å². The van der Waals surface area contributed by atoms with Crippen LogP contribution in [0, 0.1) is 11.9 Å². The summed E-state index contributed by atoms with van der Waals surface area (Å²) in [6.07, 6.45) is 5.28. The van der Waals surface area contributed by atoms with Crippen molar-refractivity contribution in [3.63, 3.8) is 0 Å². The van der Waals surface area contributed by atoms with Crippen molar-refractivity contribution in [2.75, 3.05) is 13.2 Å². The summed E-state index contributed by atoms with van der Waals surface area (Å²) in [7, 11) is 0. The second kappa shape index (κ2) is 9.94. The average molecular weight is 473 g/mol. The lowest BCUT2D eigenvalue weighted by atomic mass is 10.0. The molecule has 176 valence electrons. The zero-order chi connectivity index (χ0) is 24.2. The highest BCUT2D eigenvalue weighted by atomic mass is 19.1. The van der Waals surface area contributed by atoms with Crippen molar-refractivity contribution in [3.8, 4) is 33.9 Å². The van der Waals surface area contributed by atoms with Gasteiger partial charge in [-0.1, -0.05) is 6.07 Å². The first-order chi connectivity index (χ1) is 17.1. The normalized spacial score (nSPS) is 13.9. The lowest BCUT2D eigenvalue weighted by Crippen LogP contribution is -2.15. The molecule has 4 heterocycles. The van der Waals surface area contributed by atoms with E-state index in [0.717, 1.165) is 5.56 Å². The Bertz CT molecular complexity index is 1410. The highest BCUT2D eigenvalue weighted by Gasteiger charge is 2.15. The Balaban J connectivity index is 1.57. The summed E-state index contributed by atoms with van der Waals surface area (Å²) in [5.74, 6) is 0.160. The molecular formula is C26H21F2N5O2. The monoisotopic (exact) mass is 473 g/mol. The van der Waals surface area contributed by atoms with Crippen LogP contribution in [0.3, 0.4) is 0 Å². The SMILES string of the molecule is NC1=Nc2cc(-c3ccnc(F)c3)ncc2Oc2ccc(-c3cccnc3F)cc2CCOCC1. The molecule has 7 nitrogen and oxygen atoms in total. The van der Waals surface area contributed by atoms with Gasteiger partial charge in [0, 0.05) is 36.0 Å². The smallest absolute Gasteiger partial charge is 0.220 e. The number of nitrogens with two attached hydrogens (primary N) is 1. The van der Waals surface area contributed by atoms with Crippen molar-refractivity contribution in [2.24, 2.45) is 10.7 Å². The minimum atomic E-state index is -0.608. The minimum absolute atomic E-state index is 0.371. The molecular weight excluding hydrogens is 452 g/mol.